The first-order valence-electron chi connectivity index (χ1n) is 6.82. The van der Waals surface area contributed by atoms with Gasteiger partial charge in [0, 0.05) is 12.1 Å². The molecular formula is C14H17N3O5S. The van der Waals surface area contributed by atoms with Crippen molar-refractivity contribution in [2.45, 2.75) is 13.3 Å². The second-order valence-corrected chi connectivity index (χ2v) is 6.80. The molecule has 0 atom stereocenters. The molecule has 0 unspecified atom stereocenters. The fourth-order valence-electron chi connectivity index (χ4n) is 2.35. The predicted molar refractivity (Wildman–Crippen MR) is 86.9 cm³/mol. The number of sulfonamides is 1. The summed E-state index contributed by atoms with van der Waals surface area (Å²) in [5, 5.41) is 10.2. The highest BCUT2D eigenvalue weighted by atomic mass is 32.2. The molecule has 0 radical (unpaired) electrons. The summed E-state index contributed by atoms with van der Waals surface area (Å²) in [6.07, 6.45) is 3.65. The molecule has 1 aliphatic rings. The smallest absolute Gasteiger partial charge is 0.360 e. The third kappa shape index (κ3) is 2.91. The molecule has 0 saturated carbocycles. The molecule has 124 valence electrons. The van der Waals surface area contributed by atoms with Crippen LogP contribution in [-0.4, -0.2) is 50.6 Å². The first-order chi connectivity index (χ1) is 10.9. The second kappa shape index (κ2) is 6.37. The number of hydrogen-bond acceptors (Lipinski definition) is 7. The molecule has 2 rings (SSSR count). The molecule has 1 aliphatic heterocycles. The van der Waals surface area contributed by atoms with E-state index in [0.717, 1.165) is 11.4 Å². The minimum atomic E-state index is -3.53. The minimum Gasteiger partial charge on any atom is -0.504 e. The number of hydrogen-bond donors (Lipinski definition) is 1. The Morgan fingerprint density at radius 1 is 1.52 bits per heavy atom. The number of rotatable bonds is 4. The minimum absolute atomic E-state index is 0.00472. The van der Waals surface area contributed by atoms with Crippen LogP contribution in [0.2, 0.25) is 0 Å². The number of aromatic hydroxyl groups is 1. The monoisotopic (exact) mass is 339 g/mol. The Bertz CT molecular complexity index is 786. The molecule has 0 aromatic carbocycles. The lowest BCUT2D eigenvalue weighted by atomic mass is 10.1. The number of carbonyl (C=O) groups excluding carboxylic acids is 1. The van der Waals surface area contributed by atoms with Crippen LogP contribution in [0.25, 0.3) is 6.08 Å². The van der Waals surface area contributed by atoms with Crippen LogP contribution >= 0.6 is 0 Å². The lowest BCUT2D eigenvalue weighted by Gasteiger charge is -2.20. The van der Waals surface area contributed by atoms with Crippen LogP contribution in [0, 0.1) is 0 Å². The largest absolute Gasteiger partial charge is 0.504 e. The molecule has 0 spiro atoms. The summed E-state index contributed by atoms with van der Waals surface area (Å²) in [6, 6.07) is 0. The third-order valence-corrected chi connectivity index (χ3v) is 5.20. The van der Waals surface area contributed by atoms with E-state index in [0.29, 0.717) is 6.42 Å². The van der Waals surface area contributed by atoms with Gasteiger partial charge in [-0.25, -0.2) is 18.2 Å². The summed E-state index contributed by atoms with van der Waals surface area (Å²) >= 11 is 0. The van der Waals surface area contributed by atoms with Gasteiger partial charge in [0.2, 0.25) is 10.0 Å². The van der Waals surface area contributed by atoms with Gasteiger partial charge < -0.3 is 9.84 Å². The van der Waals surface area contributed by atoms with Crippen molar-refractivity contribution in [3.05, 3.63) is 17.3 Å². The summed E-state index contributed by atoms with van der Waals surface area (Å²) in [5.41, 5.74) is -0.144. The van der Waals surface area contributed by atoms with Gasteiger partial charge in [0.05, 0.1) is 12.9 Å². The molecule has 0 amide bonds. The summed E-state index contributed by atoms with van der Waals surface area (Å²) < 4.78 is 30.1. The van der Waals surface area contributed by atoms with Crippen LogP contribution in [0.1, 0.15) is 29.4 Å². The Morgan fingerprint density at radius 2 is 2.22 bits per heavy atom. The lowest BCUT2D eigenvalue weighted by Crippen LogP contribution is -2.27. The summed E-state index contributed by atoms with van der Waals surface area (Å²) in [7, 11) is -2.39. The van der Waals surface area contributed by atoms with Crippen molar-refractivity contribution in [3.63, 3.8) is 0 Å². The number of pyridine rings is 1. The number of aliphatic imine (C=N–C) groups is 1. The van der Waals surface area contributed by atoms with Crippen molar-refractivity contribution in [2.75, 3.05) is 23.7 Å². The van der Waals surface area contributed by atoms with E-state index in [4.69, 9.17) is 0 Å². The van der Waals surface area contributed by atoms with E-state index in [-0.39, 0.29) is 29.4 Å². The number of anilines is 1. The Hall–Kier alpha value is -2.42. The van der Waals surface area contributed by atoms with Crippen LogP contribution in [-0.2, 0) is 14.8 Å². The first kappa shape index (κ1) is 16.9. The molecule has 23 heavy (non-hydrogen) atoms. The van der Waals surface area contributed by atoms with Gasteiger partial charge in [-0.3, -0.25) is 9.30 Å². The number of aromatic nitrogens is 1. The van der Waals surface area contributed by atoms with E-state index in [1.165, 1.54) is 0 Å². The van der Waals surface area contributed by atoms with Gasteiger partial charge in [-0.15, -0.1) is 0 Å². The molecule has 0 bridgehead atoms. The highest BCUT2D eigenvalue weighted by Gasteiger charge is 2.34. The van der Waals surface area contributed by atoms with Crippen LogP contribution in [0.4, 0.5) is 11.5 Å². The van der Waals surface area contributed by atoms with Crippen LogP contribution in [0.5, 0.6) is 5.75 Å². The quantitative estimate of drug-likeness (QED) is 0.657. The van der Waals surface area contributed by atoms with E-state index in [1.807, 2.05) is 0 Å². The second-order valence-electron chi connectivity index (χ2n) is 4.79. The van der Waals surface area contributed by atoms with Crippen LogP contribution < -0.4 is 4.31 Å². The van der Waals surface area contributed by atoms with Crippen molar-refractivity contribution in [1.82, 2.24) is 4.98 Å². The number of esters is 1. The van der Waals surface area contributed by atoms with Gasteiger partial charge in [0.25, 0.3) is 0 Å². The van der Waals surface area contributed by atoms with Gasteiger partial charge in [0.1, 0.15) is 5.69 Å². The number of allylic oxidation sites excluding steroid dienone is 1. The van der Waals surface area contributed by atoms with Crippen molar-refractivity contribution < 1.29 is 23.1 Å². The molecule has 2 heterocycles. The van der Waals surface area contributed by atoms with E-state index < -0.39 is 27.4 Å². The van der Waals surface area contributed by atoms with Gasteiger partial charge in [-0.05, 0) is 20.1 Å². The summed E-state index contributed by atoms with van der Waals surface area (Å²) in [6.45, 7) is 5.33. The predicted octanol–water partition coefficient (Wildman–Crippen LogP) is 1.48. The van der Waals surface area contributed by atoms with Crippen molar-refractivity contribution in [3.8, 4) is 5.75 Å². The number of ether oxygens (including phenoxy) is 1. The van der Waals surface area contributed by atoms with Gasteiger partial charge in [-0.1, -0.05) is 12.2 Å². The average Bonchev–Trinajstić information content (AvgIpc) is 2.87. The molecule has 1 aromatic heterocycles. The normalized spacial score (nSPS) is 16.7. The van der Waals surface area contributed by atoms with E-state index in [9.17, 15) is 18.3 Å². The zero-order valence-electron chi connectivity index (χ0n) is 12.8. The van der Waals surface area contributed by atoms with Gasteiger partial charge in [-0.2, -0.15) is 0 Å². The number of methoxy groups -OCH3 is 1. The molecule has 1 fully saturated rings. The Balaban J connectivity index is 2.82. The van der Waals surface area contributed by atoms with Crippen LogP contribution in [0.15, 0.2) is 11.1 Å². The maximum atomic E-state index is 12.2. The Labute approximate surface area is 134 Å². The molecule has 8 nitrogen and oxygen atoms in total. The molecule has 0 aliphatic carbocycles. The summed E-state index contributed by atoms with van der Waals surface area (Å²) in [4.78, 5) is 19.6. The topological polar surface area (TPSA) is 109 Å². The fourth-order valence-corrected chi connectivity index (χ4v) is 3.88. The highest BCUT2D eigenvalue weighted by Crippen LogP contribution is 2.40. The first-order valence-corrected chi connectivity index (χ1v) is 8.43. The maximum Gasteiger partial charge on any atom is 0.360 e. The Morgan fingerprint density at radius 3 is 2.70 bits per heavy atom. The number of nitrogens with zero attached hydrogens (tertiary/aromatic N) is 3. The Kier molecular flexibility index (Phi) is 4.69. The zero-order chi connectivity index (χ0) is 17.2. The molecule has 1 aromatic rings. The molecule has 9 heteroatoms. The SMILES string of the molecule is C=Nc1c(O)c(C(=O)OC)nc(N2CCCS2(=O)=O)c1/C=C\C. The third-order valence-electron chi connectivity index (χ3n) is 3.37. The van der Waals surface area contributed by atoms with E-state index in [2.05, 4.69) is 21.4 Å². The number of carbonyl (C=O) groups is 1. The molecular weight excluding hydrogens is 322 g/mol. The van der Waals surface area contributed by atoms with Crippen LogP contribution in [0.3, 0.4) is 0 Å². The van der Waals surface area contributed by atoms with Gasteiger partial charge >= 0.3 is 5.97 Å². The average molecular weight is 339 g/mol. The zero-order valence-corrected chi connectivity index (χ0v) is 13.6. The van der Waals surface area contributed by atoms with Crippen molar-refractivity contribution >= 4 is 40.3 Å². The molecule has 1 N–H and O–H groups in total. The maximum absolute atomic E-state index is 12.2. The standard InChI is InChI=1S/C14H17N3O5S/c1-4-6-9-10(15-2)12(18)11(14(19)22-3)16-13(9)17-7-5-8-23(17,20)21/h4,6,18H,2,5,7-8H2,1,3H3/b6-4-. The van der Waals surface area contributed by atoms with E-state index in [1.54, 1.807) is 19.1 Å². The summed E-state index contributed by atoms with van der Waals surface area (Å²) in [5.74, 6) is -1.37. The molecule has 1 saturated heterocycles. The van der Waals surface area contributed by atoms with E-state index >= 15 is 0 Å². The van der Waals surface area contributed by atoms with Gasteiger partial charge in [0.15, 0.2) is 17.3 Å². The lowest BCUT2D eigenvalue weighted by molar-refractivity contribution is 0.0590. The highest BCUT2D eigenvalue weighted by molar-refractivity contribution is 7.93. The fraction of sp³-hybridized carbons (Fsp3) is 0.357. The van der Waals surface area contributed by atoms with Crippen molar-refractivity contribution in [1.29, 1.82) is 0 Å². The van der Waals surface area contributed by atoms with Crippen molar-refractivity contribution in [2.24, 2.45) is 4.99 Å².